The number of piperidine rings is 1. The van der Waals surface area contributed by atoms with E-state index in [1.54, 1.807) is 0 Å². The molecule has 19 heavy (non-hydrogen) atoms. The largest absolute Gasteiger partial charge is 0.465 e. The molecule has 3 nitrogen and oxygen atoms in total. The summed E-state index contributed by atoms with van der Waals surface area (Å²) in [6.07, 6.45) is 2.28. The lowest BCUT2D eigenvalue weighted by molar-refractivity contribution is 0.138. The van der Waals surface area contributed by atoms with Crippen LogP contribution in [0.4, 0.5) is 0 Å². The highest BCUT2D eigenvalue weighted by Gasteiger charge is 2.38. The van der Waals surface area contributed by atoms with Gasteiger partial charge in [-0.1, -0.05) is 0 Å². The van der Waals surface area contributed by atoms with Crippen molar-refractivity contribution in [3.63, 3.8) is 0 Å². The average Bonchev–Trinajstić information content (AvgIpc) is 2.59. The molecular formula is C16H28N2O. The summed E-state index contributed by atoms with van der Waals surface area (Å²) in [7, 11) is 0. The molecule has 1 aromatic rings. The zero-order valence-corrected chi connectivity index (χ0v) is 13.1. The van der Waals surface area contributed by atoms with Gasteiger partial charge in [0.1, 0.15) is 11.5 Å². The first kappa shape index (κ1) is 14.6. The van der Waals surface area contributed by atoms with E-state index in [0.29, 0.717) is 6.04 Å². The van der Waals surface area contributed by atoms with Gasteiger partial charge in [0, 0.05) is 17.1 Å². The minimum Gasteiger partial charge on any atom is -0.465 e. The lowest BCUT2D eigenvalue weighted by atomic mass is 9.79. The Morgan fingerprint density at radius 2 is 1.79 bits per heavy atom. The summed E-state index contributed by atoms with van der Waals surface area (Å²) in [5.74, 6) is 2.02. The molecule has 0 aromatic carbocycles. The predicted molar refractivity (Wildman–Crippen MR) is 79.3 cm³/mol. The van der Waals surface area contributed by atoms with Crippen molar-refractivity contribution in [1.82, 2.24) is 10.6 Å². The SMILES string of the molecule is Cc1ccc(C(C)NC2CC(C)(C)NC(C)(C)C2)o1. The smallest absolute Gasteiger partial charge is 0.120 e. The Morgan fingerprint density at radius 3 is 2.26 bits per heavy atom. The molecule has 2 rings (SSSR count). The summed E-state index contributed by atoms with van der Waals surface area (Å²) in [4.78, 5) is 0. The summed E-state index contributed by atoms with van der Waals surface area (Å²) in [5, 5.41) is 7.44. The van der Waals surface area contributed by atoms with Crippen molar-refractivity contribution in [1.29, 1.82) is 0 Å². The van der Waals surface area contributed by atoms with E-state index in [1.165, 1.54) is 0 Å². The van der Waals surface area contributed by atoms with Crippen LogP contribution in [0.2, 0.25) is 0 Å². The van der Waals surface area contributed by atoms with E-state index >= 15 is 0 Å². The number of furan rings is 1. The van der Waals surface area contributed by atoms with Crippen LogP contribution in [0.15, 0.2) is 16.5 Å². The molecule has 1 aliphatic rings. The molecule has 0 bridgehead atoms. The van der Waals surface area contributed by atoms with Crippen molar-refractivity contribution in [3.8, 4) is 0 Å². The van der Waals surface area contributed by atoms with E-state index in [-0.39, 0.29) is 17.1 Å². The van der Waals surface area contributed by atoms with E-state index in [4.69, 9.17) is 4.42 Å². The van der Waals surface area contributed by atoms with Crippen molar-refractivity contribution in [3.05, 3.63) is 23.7 Å². The van der Waals surface area contributed by atoms with Crippen LogP contribution in [0.3, 0.4) is 0 Å². The third-order valence-corrected chi connectivity index (χ3v) is 3.86. The summed E-state index contributed by atoms with van der Waals surface area (Å²) in [6, 6.07) is 4.89. The first-order chi connectivity index (χ1) is 8.67. The maximum absolute atomic E-state index is 5.71. The first-order valence-corrected chi connectivity index (χ1v) is 7.29. The van der Waals surface area contributed by atoms with Gasteiger partial charge in [0.15, 0.2) is 0 Å². The fourth-order valence-corrected chi connectivity index (χ4v) is 3.56. The molecule has 0 spiro atoms. The average molecular weight is 264 g/mol. The van der Waals surface area contributed by atoms with E-state index < -0.39 is 0 Å². The van der Waals surface area contributed by atoms with Crippen molar-refractivity contribution in [2.45, 2.75) is 77.5 Å². The maximum atomic E-state index is 5.71. The Labute approximate surface area is 117 Å². The van der Waals surface area contributed by atoms with Crippen LogP contribution in [0.1, 0.15) is 65.0 Å². The second-order valence-electron chi connectivity index (χ2n) is 7.33. The Morgan fingerprint density at radius 1 is 1.21 bits per heavy atom. The fourth-order valence-electron chi connectivity index (χ4n) is 3.56. The fraction of sp³-hybridized carbons (Fsp3) is 0.750. The van der Waals surface area contributed by atoms with Crippen molar-refractivity contribution < 1.29 is 4.42 Å². The van der Waals surface area contributed by atoms with Gasteiger partial charge in [-0.25, -0.2) is 0 Å². The van der Waals surface area contributed by atoms with Crippen LogP contribution >= 0.6 is 0 Å². The highest BCUT2D eigenvalue weighted by atomic mass is 16.3. The molecule has 1 fully saturated rings. The number of hydrogen-bond acceptors (Lipinski definition) is 3. The van der Waals surface area contributed by atoms with Crippen LogP contribution in [-0.4, -0.2) is 17.1 Å². The molecule has 108 valence electrons. The zero-order valence-electron chi connectivity index (χ0n) is 13.1. The molecule has 1 unspecified atom stereocenters. The molecule has 0 aliphatic carbocycles. The minimum absolute atomic E-state index is 0.179. The number of nitrogens with one attached hydrogen (secondary N) is 2. The highest BCUT2D eigenvalue weighted by molar-refractivity contribution is 5.10. The lowest BCUT2D eigenvalue weighted by Crippen LogP contribution is -2.61. The van der Waals surface area contributed by atoms with Gasteiger partial charge >= 0.3 is 0 Å². The molecule has 1 aromatic heterocycles. The Balaban J connectivity index is 2.02. The van der Waals surface area contributed by atoms with E-state index in [1.807, 2.05) is 13.0 Å². The Kier molecular flexibility index (Phi) is 3.80. The van der Waals surface area contributed by atoms with E-state index in [2.05, 4.69) is 51.3 Å². The molecule has 3 heteroatoms. The van der Waals surface area contributed by atoms with Gasteiger partial charge in [-0.05, 0) is 66.5 Å². The molecule has 1 saturated heterocycles. The number of aryl methyl sites for hydroxylation is 1. The van der Waals surface area contributed by atoms with Gasteiger partial charge in [-0.3, -0.25) is 0 Å². The number of hydrogen-bond donors (Lipinski definition) is 2. The number of rotatable bonds is 3. The highest BCUT2D eigenvalue weighted by Crippen LogP contribution is 2.30. The predicted octanol–water partition coefficient (Wildman–Crippen LogP) is 3.55. The van der Waals surface area contributed by atoms with Crippen molar-refractivity contribution in [2.75, 3.05) is 0 Å². The van der Waals surface area contributed by atoms with Crippen molar-refractivity contribution in [2.24, 2.45) is 0 Å². The van der Waals surface area contributed by atoms with Gasteiger partial charge in [0.25, 0.3) is 0 Å². The van der Waals surface area contributed by atoms with Gasteiger partial charge in [-0.2, -0.15) is 0 Å². The summed E-state index contributed by atoms with van der Waals surface area (Å²) in [6.45, 7) is 13.3. The minimum atomic E-state index is 0.179. The van der Waals surface area contributed by atoms with Gasteiger partial charge in [0.2, 0.25) is 0 Å². The van der Waals surface area contributed by atoms with Crippen molar-refractivity contribution >= 4 is 0 Å². The molecule has 0 amide bonds. The Hall–Kier alpha value is -0.800. The molecule has 2 heterocycles. The summed E-state index contributed by atoms with van der Waals surface area (Å²) < 4.78 is 5.71. The second-order valence-corrected chi connectivity index (χ2v) is 7.33. The maximum Gasteiger partial charge on any atom is 0.120 e. The molecule has 1 aliphatic heterocycles. The third-order valence-electron chi connectivity index (χ3n) is 3.86. The van der Waals surface area contributed by atoms with Crippen LogP contribution in [0, 0.1) is 6.92 Å². The normalized spacial score (nSPS) is 24.3. The monoisotopic (exact) mass is 264 g/mol. The van der Waals surface area contributed by atoms with E-state index in [9.17, 15) is 0 Å². The molecule has 0 saturated carbocycles. The third kappa shape index (κ3) is 3.83. The van der Waals surface area contributed by atoms with Crippen LogP contribution in [0.25, 0.3) is 0 Å². The Bertz CT molecular complexity index is 418. The first-order valence-electron chi connectivity index (χ1n) is 7.29. The standard InChI is InChI=1S/C16H28N2O/c1-11-7-8-14(19-11)12(2)17-13-9-15(3,4)18-16(5,6)10-13/h7-8,12-13,17-18H,9-10H2,1-6H3. The van der Waals surface area contributed by atoms with E-state index in [0.717, 1.165) is 24.4 Å². The summed E-state index contributed by atoms with van der Waals surface area (Å²) in [5.41, 5.74) is 0.358. The zero-order chi connectivity index (χ0) is 14.3. The van der Waals surface area contributed by atoms with Gasteiger partial charge in [0.05, 0.1) is 6.04 Å². The van der Waals surface area contributed by atoms with Crippen LogP contribution in [0.5, 0.6) is 0 Å². The van der Waals surface area contributed by atoms with Crippen LogP contribution in [-0.2, 0) is 0 Å². The second kappa shape index (κ2) is 4.95. The summed E-state index contributed by atoms with van der Waals surface area (Å²) >= 11 is 0. The topological polar surface area (TPSA) is 37.2 Å². The molecular weight excluding hydrogens is 236 g/mol. The quantitative estimate of drug-likeness (QED) is 0.876. The van der Waals surface area contributed by atoms with Gasteiger partial charge < -0.3 is 15.1 Å². The van der Waals surface area contributed by atoms with Gasteiger partial charge in [-0.15, -0.1) is 0 Å². The lowest BCUT2D eigenvalue weighted by Gasteiger charge is -2.47. The molecule has 1 atom stereocenters. The van der Waals surface area contributed by atoms with Crippen LogP contribution < -0.4 is 10.6 Å². The molecule has 2 N–H and O–H groups in total. The molecule has 0 radical (unpaired) electrons.